The predicted octanol–water partition coefficient (Wildman–Crippen LogP) is 3.50. The van der Waals surface area contributed by atoms with E-state index in [-0.39, 0.29) is 24.6 Å². The molecule has 3 N–H and O–H groups in total. The fourth-order valence-corrected chi connectivity index (χ4v) is 2.71. The van der Waals surface area contributed by atoms with Crippen molar-refractivity contribution in [2.24, 2.45) is 17.6 Å². The summed E-state index contributed by atoms with van der Waals surface area (Å²) in [5.41, 5.74) is 6.20. The van der Waals surface area contributed by atoms with Gasteiger partial charge in [-0.1, -0.05) is 33.1 Å². The van der Waals surface area contributed by atoms with E-state index < -0.39 is 0 Å². The van der Waals surface area contributed by atoms with Crippen LogP contribution >= 0.6 is 12.4 Å². The summed E-state index contributed by atoms with van der Waals surface area (Å²) in [4.78, 5) is 0. The maximum atomic E-state index is 9.92. The molecule has 0 aromatic heterocycles. The van der Waals surface area contributed by atoms with Gasteiger partial charge >= 0.3 is 0 Å². The minimum Gasteiger partial charge on any atom is -0.393 e. The minimum atomic E-state index is -0.181. The number of aliphatic hydroxyl groups excluding tert-OH is 1. The summed E-state index contributed by atoms with van der Waals surface area (Å²) >= 11 is 0. The molecule has 0 aliphatic heterocycles. The molecule has 1 aliphatic rings. The summed E-state index contributed by atoms with van der Waals surface area (Å²) < 4.78 is 0. The van der Waals surface area contributed by atoms with Gasteiger partial charge < -0.3 is 10.8 Å². The quantitative estimate of drug-likeness (QED) is 0.771. The molecule has 0 spiro atoms. The summed E-state index contributed by atoms with van der Waals surface area (Å²) in [6.45, 7) is 4.40. The molecule has 0 radical (unpaired) electrons. The molecule has 2 unspecified atom stereocenters. The van der Waals surface area contributed by atoms with Crippen molar-refractivity contribution in [3.8, 4) is 0 Å². The van der Waals surface area contributed by atoms with Crippen LogP contribution in [0.15, 0.2) is 0 Å². The van der Waals surface area contributed by atoms with Crippen molar-refractivity contribution >= 4 is 12.4 Å². The molecule has 17 heavy (non-hydrogen) atoms. The molecule has 2 nitrogen and oxygen atoms in total. The molecular formula is C14H30ClNO. The van der Waals surface area contributed by atoms with Crippen LogP contribution in [0.4, 0.5) is 0 Å². The molecule has 0 aromatic rings. The van der Waals surface area contributed by atoms with Gasteiger partial charge in [0.1, 0.15) is 0 Å². The van der Waals surface area contributed by atoms with Gasteiger partial charge in [0.25, 0.3) is 0 Å². The smallest absolute Gasteiger partial charge is 0.0555 e. The highest BCUT2D eigenvalue weighted by Crippen LogP contribution is 2.27. The van der Waals surface area contributed by atoms with Crippen molar-refractivity contribution in [2.75, 3.05) is 0 Å². The second kappa shape index (κ2) is 9.18. The third-order valence-electron chi connectivity index (χ3n) is 3.88. The number of nitrogens with two attached hydrogens (primary N) is 1. The number of hydrogen-bond donors (Lipinski definition) is 2. The Labute approximate surface area is 113 Å². The zero-order chi connectivity index (χ0) is 12.0. The highest BCUT2D eigenvalue weighted by molar-refractivity contribution is 5.85. The Morgan fingerprint density at radius 3 is 2.24 bits per heavy atom. The Balaban J connectivity index is 0.00000256. The van der Waals surface area contributed by atoms with Gasteiger partial charge in [0.05, 0.1) is 6.10 Å². The topological polar surface area (TPSA) is 46.2 Å². The van der Waals surface area contributed by atoms with Crippen LogP contribution in [0.5, 0.6) is 0 Å². The van der Waals surface area contributed by atoms with Crippen LogP contribution in [0.25, 0.3) is 0 Å². The largest absolute Gasteiger partial charge is 0.393 e. The average molecular weight is 264 g/mol. The first kappa shape index (κ1) is 17.2. The Morgan fingerprint density at radius 2 is 1.71 bits per heavy atom. The van der Waals surface area contributed by atoms with E-state index in [0.717, 1.165) is 19.3 Å². The van der Waals surface area contributed by atoms with Gasteiger partial charge in [0, 0.05) is 6.04 Å². The van der Waals surface area contributed by atoms with E-state index in [0.29, 0.717) is 11.8 Å². The first-order chi connectivity index (χ1) is 7.59. The van der Waals surface area contributed by atoms with E-state index in [4.69, 9.17) is 5.73 Å². The van der Waals surface area contributed by atoms with Crippen LogP contribution in [0, 0.1) is 11.8 Å². The lowest BCUT2D eigenvalue weighted by atomic mass is 9.82. The van der Waals surface area contributed by atoms with Gasteiger partial charge in [0.15, 0.2) is 0 Å². The molecule has 2 atom stereocenters. The number of hydrogen-bond acceptors (Lipinski definition) is 2. The summed E-state index contributed by atoms with van der Waals surface area (Å²) in [5.74, 6) is 1.35. The first-order valence-corrected chi connectivity index (χ1v) is 7.03. The molecule has 0 amide bonds. The summed E-state index contributed by atoms with van der Waals surface area (Å²) in [7, 11) is 0. The van der Waals surface area contributed by atoms with Crippen molar-refractivity contribution in [1.29, 1.82) is 0 Å². The third kappa shape index (κ3) is 7.28. The van der Waals surface area contributed by atoms with Gasteiger partial charge in [-0.05, 0) is 43.9 Å². The Hall–Kier alpha value is 0.210. The summed E-state index contributed by atoms with van der Waals surface area (Å²) in [6, 6.07) is 0.225. The van der Waals surface area contributed by atoms with Gasteiger partial charge in [0.2, 0.25) is 0 Å². The van der Waals surface area contributed by atoms with Crippen LogP contribution in [-0.2, 0) is 0 Å². The lowest BCUT2D eigenvalue weighted by molar-refractivity contribution is 0.123. The van der Waals surface area contributed by atoms with E-state index >= 15 is 0 Å². The third-order valence-corrected chi connectivity index (χ3v) is 3.88. The standard InChI is InChI=1S/C14H29NO.ClH/c1-11(2)8-9-13(16)10-14(15)12-6-4-3-5-7-12;/h11-14,16H,3-10,15H2,1-2H3;1H. The second-order valence-electron chi connectivity index (χ2n) is 5.92. The minimum absolute atomic E-state index is 0. The Kier molecular flexibility index (Phi) is 9.29. The van der Waals surface area contributed by atoms with Gasteiger partial charge in [-0.3, -0.25) is 0 Å². The van der Waals surface area contributed by atoms with Crippen molar-refractivity contribution in [1.82, 2.24) is 0 Å². The molecule has 0 saturated heterocycles. The molecular weight excluding hydrogens is 234 g/mol. The fourth-order valence-electron chi connectivity index (χ4n) is 2.71. The monoisotopic (exact) mass is 263 g/mol. The fraction of sp³-hybridized carbons (Fsp3) is 1.00. The highest BCUT2D eigenvalue weighted by atomic mass is 35.5. The van der Waals surface area contributed by atoms with Crippen LogP contribution < -0.4 is 5.73 Å². The Morgan fingerprint density at radius 1 is 1.12 bits per heavy atom. The van der Waals surface area contributed by atoms with Crippen LogP contribution in [-0.4, -0.2) is 17.3 Å². The zero-order valence-electron chi connectivity index (χ0n) is 11.4. The lowest BCUT2D eigenvalue weighted by Gasteiger charge is -2.29. The van der Waals surface area contributed by atoms with E-state index in [1.165, 1.54) is 32.1 Å². The van der Waals surface area contributed by atoms with E-state index in [9.17, 15) is 5.11 Å². The van der Waals surface area contributed by atoms with Gasteiger partial charge in [-0.2, -0.15) is 0 Å². The number of halogens is 1. The Bertz CT molecular complexity index is 181. The molecule has 104 valence electrons. The van der Waals surface area contributed by atoms with Crippen LogP contribution in [0.2, 0.25) is 0 Å². The van der Waals surface area contributed by atoms with Crippen molar-refractivity contribution in [3.05, 3.63) is 0 Å². The SMILES string of the molecule is CC(C)CCC(O)CC(N)C1CCCCC1.Cl. The molecule has 3 heteroatoms. The zero-order valence-corrected chi connectivity index (χ0v) is 12.2. The lowest BCUT2D eigenvalue weighted by Crippen LogP contribution is -2.35. The van der Waals surface area contributed by atoms with E-state index in [1.807, 2.05) is 0 Å². The van der Waals surface area contributed by atoms with Crippen molar-refractivity contribution in [3.63, 3.8) is 0 Å². The predicted molar refractivity (Wildman–Crippen MR) is 76.5 cm³/mol. The molecule has 0 bridgehead atoms. The van der Waals surface area contributed by atoms with E-state index in [2.05, 4.69) is 13.8 Å². The maximum Gasteiger partial charge on any atom is 0.0555 e. The maximum absolute atomic E-state index is 9.92. The van der Waals surface area contributed by atoms with Gasteiger partial charge in [-0.15, -0.1) is 12.4 Å². The van der Waals surface area contributed by atoms with E-state index in [1.54, 1.807) is 0 Å². The average Bonchev–Trinajstić information content (AvgIpc) is 2.27. The molecule has 1 saturated carbocycles. The van der Waals surface area contributed by atoms with Crippen LogP contribution in [0.1, 0.15) is 65.2 Å². The first-order valence-electron chi connectivity index (χ1n) is 7.03. The second-order valence-corrected chi connectivity index (χ2v) is 5.92. The molecule has 0 aromatic carbocycles. The number of aliphatic hydroxyl groups is 1. The van der Waals surface area contributed by atoms with Crippen molar-refractivity contribution in [2.45, 2.75) is 77.4 Å². The van der Waals surface area contributed by atoms with Crippen molar-refractivity contribution < 1.29 is 5.11 Å². The molecule has 0 heterocycles. The normalized spacial score (nSPS) is 21.0. The highest BCUT2D eigenvalue weighted by Gasteiger charge is 2.22. The number of rotatable bonds is 6. The molecule has 1 rings (SSSR count). The van der Waals surface area contributed by atoms with Crippen LogP contribution in [0.3, 0.4) is 0 Å². The summed E-state index contributed by atoms with van der Waals surface area (Å²) in [5, 5.41) is 9.92. The van der Waals surface area contributed by atoms with Gasteiger partial charge in [-0.25, -0.2) is 0 Å². The molecule has 1 fully saturated rings. The molecule has 1 aliphatic carbocycles. The summed E-state index contributed by atoms with van der Waals surface area (Å²) in [6.07, 6.45) is 9.24.